The van der Waals surface area contributed by atoms with Gasteiger partial charge in [-0.25, -0.2) is 10.5 Å². The molecule has 1 heterocycles. The molecule has 4 rings (SSSR count). The molecule has 0 fully saturated rings. The van der Waals surface area contributed by atoms with Crippen LogP contribution >= 0.6 is 11.3 Å². The summed E-state index contributed by atoms with van der Waals surface area (Å²) in [6.45, 7) is 0. The summed E-state index contributed by atoms with van der Waals surface area (Å²) in [6.07, 6.45) is 0. The number of rotatable bonds is 4. The van der Waals surface area contributed by atoms with Gasteiger partial charge in [0.25, 0.3) is 11.8 Å². The fourth-order valence-corrected chi connectivity index (χ4v) is 3.55. The Bertz CT molecular complexity index is 1170. The molecule has 0 saturated heterocycles. The molecule has 0 bridgehead atoms. The smallest absolute Gasteiger partial charge is 0.274 e. The van der Waals surface area contributed by atoms with Gasteiger partial charge in [0.15, 0.2) is 5.13 Å². The Kier molecular flexibility index (Phi) is 4.84. The van der Waals surface area contributed by atoms with Crippen molar-refractivity contribution in [1.82, 2.24) is 10.5 Å². The second-order valence-electron chi connectivity index (χ2n) is 6.08. The maximum Gasteiger partial charge on any atom is 0.274 e. The molecule has 4 aromatic rings. The molecule has 0 aliphatic carbocycles. The van der Waals surface area contributed by atoms with Gasteiger partial charge in [0.05, 0.1) is 5.69 Å². The molecule has 0 aliphatic heterocycles. The first-order valence-corrected chi connectivity index (χ1v) is 9.32. The van der Waals surface area contributed by atoms with E-state index in [9.17, 15) is 9.59 Å². The molecule has 28 heavy (non-hydrogen) atoms. The van der Waals surface area contributed by atoms with Crippen LogP contribution in [0.4, 0.5) is 5.13 Å². The summed E-state index contributed by atoms with van der Waals surface area (Å²) < 4.78 is 0. The molecule has 3 N–H and O–H groups in total. The van der Waals surface area contributed by atoms with Crippen molar-refractivity contribution in [1.29, 1.82) is 0 Å². The van der Waals surface area contributed by atoms with E-state index < -0.39 is 5.91 Å². The molecule has 0 unspecified atom stereocenters. The van der Waals surface area contributed by atoms with Gasteiger partial charge in [-0.15, -0.1) is 11.3 Å². The van der Waals surface area contributed by atoms with Gasteiger partial charge < -0.3 is 0 Å². The molecule has 3 aromatic carbocycles. The minimum absolute atomic E-state index is 0.256. The molecule has 0 saturated carbocycles. The lowest BCUT2D eigenvalue weighted by molar-refractivity contribution is 0.0706. The Morgan fingerprint density at radius 3 is 2.14 bits per heavy atom. The predicted octanol–water partition coefficient (Wildman–Crippen LogP) is 4.33. The summed E-state index contributed by atoms with van der Waals surface area (Å²) in [5.74, 6) is -0.838. The van der Waals surface area contributed by atoms with Crippen molar-refractivity contribution in [3.8, 4) is 11.3 Å². The molecular weight excluding hydrogens is 374 g/mol. The lowest BCUT2D eigenvalue weighted by Gasteiger charge is -2.05. The van der Waals surface area contributed by atoms with E-state index in [4.69, 9.17) is 5.21 Å². The standard InChI is InChI=1S/C21H15N3O3S/c25-19(23-21-22-18(12-28-21)13-4-2-1-3-5-13)16-8-6-15-11-17(20(26)24-27)9-7-14(15)10-16/h1-12,27H,(H,24,26)(H,22,23,25). The SMILES string of the molecule is O=C(NO)c1ccc2cc(C(=O)Nc3nc(-c4ccccc4)cs3)ccc2c1. The van der Waals surface area contributed by atoms with Crippen LogP contribution in [0.2, 0.25) is 0 Å². The van der Waals surface area contributed by atoms with Crippen LogP contribution in [0.1, 0.15) is 20.7 Å². The normalized spacial score (nSPS) is 10.6. The zero-order valence-corrected chi connectivity index (χ0v) is 15.4. The second-order valence-corrected chi connectivity index (χ2v) is 6.93. The second kappa shape index (κ2) is 7.59. The number of carbonyl (C=O) groups is 2. The van der Waals surface area contributed by atoms with Crippen molar-refractivity contribution in [3.63, 3.8) is 0 Å². The molecule has 0 atom stereocenters. The fraction of sp³-hybridized carbons (Fsp3) is 0. The number of thiazole rings is 1. The Morgan fingerprint density at radius 1 is 0.857 bits per heavy atom. The van der Waals surface area contributed by atoms with E-state index in [1.54, 1.807) is 41.9 Å². The van der Waals surface area contributed by atoms with Crippen molar-refractivity contribution in [2.75, 3.05) is 5.32 Å². The molecule has 2 amide bonds. The number of amides is 2. The van der Waals surface area contributed by atoms with Crippen LogP contribution < -0.4 is 10.8 Å². The van der Waals surface area contributed by atoms with Crippen LogP contribution in [0.5, 0.6) is 0 Å². The van der Waals surface area contributed by atoms with Crippen LogP contribution in [-0.2, 0) is 0 Å². The number of hydroxylamine groups is 1. The Labute approximate surface area is 164 Å². The number of fused-ring (bicyclic) bond motifs is 1. The first kappa shape index (κ1) is 17.8. The van der Waals surface area contributed by atoms with Crippen molar-refractivity contribution in [3.05, 3.63) is 83.2 Å². The molecule has 0 radical (unpaired) electrons. The van der Waals surface area contributed by atoms with E-state index in [0.29, 0.717) is 16.3 Å². The van der Waals surface area contributed by atoms with Crippen LogP contribution in [-0.4, -0.2) is 22.0 Å². The van der Waals surface area contributed by atoms with Gasteiger partial charge in [-0.3, -0.25) is 20.1 Å². The summed E-state index contributed by atoms with van der Waals surface area (Å²) in [5.41, 5.74) is 4.24. The Hall–Kier alpha value is -3.55. The summed E-state index contributed by atoms with van der Waals surface area (Å²) >= 11 is 1.37. The highest BCUT2D eigenvalue weighted by Gasteiger charge is 2.11. The van der Waals surface area contributed by atoms with Crippen molar-refractivity contribution in [2.45, 2.75) is 0 Å². The van der Waals surface area contributed by atoms with E-state index in [2.05, 4.69) is 10.3 Å². The predicted molar refractivity (Wildman–Crippen MR) is 109 cm³/mol. The van der Waals surface area contributed by atoms with Gasteiger partial charge in [-0.1, -0.05) is 42.5 Å². The van der Waals surface area contributed by atoms with Crippen molar-refractivity contribution < 1.29 is 14.8 Å². The third-order valence-corrected chi connectivity index (χ3v) is 5.02. The number of aromatic nitrogens is 1. The Morgan fingerprint density at radius 2 is 1.50 bits per heavy atom. The number of hydrogen-bond donors (Lipinski definition) is 3. The average molecular weight is 389 g/mol. The van der Waals surface area contributed by atoms with E-state index in [1.165, 1.54) is 11.3 Å². The summed E-state index contributed by atoms with van der Waals surface area (Å²) in [4.78, 5) is 28.6. The average Bonchev–Trinajstić information content (AvgIpc) is 3.21. The zero-order valence-electron chi connectivity index (χ0n) is 14.5. The quantitative estimate of drug-likeness (QED) is 0.358. The van der Waals surface area contributed by atoms with E-state index in [0.717, 1.165) is 22.0 Å². The minimum Gasteiger partial charge on any atom is -0.298 e. The molecule has 138 valence electrons. The van der Waals surface area contributed by atoms with Gasteiger partial charge in [-0.05, 0) is 35.0 Å². The summed E-state index contributed by atoms with van der Waals surface area (Å²) in [7, 11) is 0. The number of carbonyl (C=O) groups excluding carboxylic acids is 2. The van der Waals surface area contributed by atoms with E-state index in [1.807, 2.05) is 35.7 Å². The Balaban J connectivity index is 1.54. The van der Waals surface area contributed by atoms with Crippen molar-refractivity contribution >= 4 is 39.1 Å². The van der Waals surface area contributed by atoms with E-state index >= 15 is 0 Å². The minimum atomic E-state index is -0.582. The molecular formula is C21H15N3O3S. The number of anilines is 1. The van der Waals surface area contributed by atoms with Gasteiger partial charge >= 0.3 is 0 Å². The number of benzene rings is 3. The summed E-state index contributed by atoms with van der Waals surface area (Å²) in [6, 6.07) is 19.9. The first-order chi connectivity index (χ1) is 13.6. The van der Waals surface area contributed by atoms with Gasteiger partial charge in [-0.2, -0.15) is 0 Å². The van der Waals surface area contributed by atoms with Crippen molar-refractivity contribution in [2.24, 2.45) is 0 Å². The summed E-state index contributed by atoms with van der Waals surface area (Å²) in [5, 5.41) is 15.6. The first-order valence-electron chi connectivity index (χ1n) is 8.44. The number of nitrogens with zero attached hydrogens (tertiary/aromatic N) is 1. The lowest BCUT2D eigenvalue weighted by atomic mass is 10.0. The maximum atomic E-state index is 12.6. The molecule has 0 aliphatic rings. The van der Waals surface area contributed by atoms with Gasteiger partial charge in [0.1, 0.15) is 0 Å². The zero-order chi connectivity index (χ0) is 19.5. The monoisotopic (exact) mass is 389 g/mol. The molecule has 1 aromatic heterocycles. The third kappa shape index (κ3) is 3.62. The largest absolute Gasteiger partial charge is 0.298 e. The molecule has 7 heteroatoms. The van der Waals surface area contributed by atoms with Crippen LogP contribution in [0.25, 0.3) is 22.0 Å². The fourth-order valence-electron chi connectivity index (χ4n) is 2.83. The van der Waals surface area contributed by atoms with E-state index in [-0.39, 0.29) is 5.91 Å². The van der Waals surface area contributed by atoms with Crippen LogP contribution in [0.3, 0.4) is 0 Å². The highest BCUT2D eigenvalue weighted by atomic mass is 32.1. The molecule has 6 nitrogen and oxygen atoms in total. The molecule has 0 spiro atoms. The van der Waals surface area contributed by atoms with Crippen LogP contribution in [0.15, 0.2) is 72.1 Å². The maximum absolute atomic E-state index is 12.6. The van der Waals surface area contributed by atoms with Gasteiger partial charge in [0.2, 0.25) is 0 Å². The van der Waals surface area contributed by atoms with Crippen LogP contribution in [0, 0.1) is 0 Å². The lowest BCUT2D eigenvalue weighted by Crippen LogP contribution is -2.18. The number of hydrogen-bond acceptors (Lipinski definition) is 5. The highest BCUT2D eigenvalue weighted by molar-refractivity contribution is 7.14. The van der Waals surface area contributed by atoms with Gasteiger partial charge in [0, 0.05) is 22.1 Å². The topological polar surface area (TPSA) is 91.3 Å². The number of nitrogens with one attached hydrogen (secondary N) is 2. The highest BCUT2D eigenvalue weighted by Crippen LogP contribution is 2.25. The third-order valence-electron chi connectivity index (χ3n) is 4.26.